The molecule has 0 atom stereocenters. The lowest BCUT2D eigenvalue weighted by Gasteiger charge is -2.09. The maximum atomic E-state index is 11.3. The van der Waals surface area contributed by atoms with Gasteiger partial charge in [0.25, 0.3) is 0 Å². The Bertz CT molecular complexity index is 956. The Morgan fingerprint density at radius 3 is 2.48 bits per heavy atom. The lowest BCUT2D eigenvalue weighted by atomic mass is 10.2. The molecule has 0 saturated heterocycles. The fourth-order valence-electron chi connectivity index (χ4n) is 2.13. The van der Waals surface area contributed by atoms with E-state index in [2.05, 4.69) is 15.3 Å². The molecule has 7 nitrogen and oxygen atoms in total. The van der Waals surface area contributed by atoms with Crippen molar-refractivity contribution in [1.82, 2.24) is 9.97 Å². The lowest BCUT2D eigenvalue weighted by molar-refractivity contribution is 0.415. The topological polar surface area (TPSA) is 107 Å². The summed E-state index contributed by atoms with van der Waals surface area (Å²) in [5.41, 5.74) is 1.43. The zero-order chi connectivity index (χ0) is 16.4. The van der Waals surface area contributed by atoms with Crippen LogP contribution in [0.2, 0.25) is 0 Å². The van der Waals surface area contributed by atoms with Crippen LogP contribution >= 0.6 is 0 Å². The number of primary sulfonamides is 1. The molecule has 0 unspecified atom stereocenters. The highest BCUT2D eigenvalue weighted by Crippen LogP contribution is 2.26. The van der Waals surface area contributed by atoms with Crippen molar-refractivity contribution in [3.63, 3.8) is 0 Å². The van der Waals surface area contributed by atoms with E-state index in [4.69, 9.17) is 9.88 Å². The van der Waals surface area contributed by atoms with Crippen LogP contribution in [0.3, 0.4) is 0 Å². The molecular weight excluding hydrogens is 316 g/mol. The Morgan fingerprint density at radius 1 is 1.09 bits per heavy atom. The molecule has 3 rings (SSSR count). The normalized spacial score (nSPS) is 11.4. The number of anilines is 2. The van der Waals surface area contributed by atoms with Crippen molar-refractivity contribution in [2.45, 2.75) is 4.90 Å². The third-order valence-electron chi connectivity index (χ3n) is 3.29. The molecule has 23 heavy (non-hydrogen) atoms. The predicted molar refractivity (Wildman–Crippen MR) is 87.2 cm³/mol. The van der Waals surface area contributed by atoms with Gasteiger partial charge in [0.1, 0.15) is 17.9 Å². The van der Waals surface area contributed by atoms with E-state index in [1.54, 1.807) is 19.2 Å². The monoisotopic (exact) mass is 330 g/mol. The number of nitrogens with one attached hydrogen (secondary N) is 1. The number of hydrogen-bond donors (Lipinski definition) is 2. The van der Waals surface area contributed by atoms with E-state index in [-0.39, 0.29) is 4.90 Å². The number of benzene rings is 2. The van der Waals surface area contributed by atoms with Crippen LogP contribution in [0.4, 0.5) is 11.5 Å². The summed E-state index contributed by atoms with van der Waals surface area (Å²) in [5.74, 6) is 1.32. The molecule has 0 aliphatic carbocycles. The van der Waals surface area contributed by atoms with Crippen LogP contribution in [0.15, 0.2) is 53.7 Å². The highest BCUT2D eigenvalue weighted by atomic mass is 32.2. The summed E-state index contributed by atoms with van der Waals surface area (Å²) in [4.78, 5) is 8.49. The first-order valence-corrected chi connectivity index (χ1v) is 8.20. The van der Waals surface area contributed by atoms with Crippen molar-refractivity contribution in [3.8, 4) is 5.75 Å². The SMILES string of the molecule is COc1ccc2c(Nc3ccc(S(N)(=O)=O)cc3)ncnc2c1. The Balaban J connectivity index is 1.95. The van der Waals surface area contributed by atoms with E-state index in [0.717, 1.165) is 10.9 Å². The largest absolute Gasteiger partial charge is 0.497 e. The third-order valence-corrected chi connectivity index (χ3v) is 4.22. The maximum Gasteiger partial charge on any atom is 0.238 e. The van der Waals surface area contributed by atoms with Crippen molar-refractivity contribution in [2.24, 2.45) is 5.14 Å². The van der Waals surface area contributed by atoms with Gasteiger partial charge < -0.3 is 10.1 Å². The first-order valence-electron chi connectivity index (χ1n) is 6.66. The number of aromatic nitrogens is 2. The molecule has 0 aliphatic heterocycles. The molecule has 0 bridgehead atoms. The quantitative estimate of drug-likeness (QED) is 0.758. The van der Waals surface area contributed by atoms with Gasteiger partial charge in [-0.25, -0.2) is 23.5 Å². The van der Waals surface area contributed by atoms with Crippen LogP contribution in [0.1, 0.15) is 0 Å². The molecule has 1 aromatic heterocycles. The first-order chi connectivity index (χ1) is 11.0. The molecule has 8 heteroatoms. The molecule has 3 N–H and O–H groups in total. The maximum absolute atomic E-state index is 11.3. The molecule has 0 amide bonds. The molecular formula is C15H14N4O3S. The first kappa shape index (κ1) is 15.2. The van der Waals surface area contributed by atoms with Crippen LogP contribution in [-0.4, -0.2) is 25.5 Å². The van der Waals surface area contributed by atoms with E-state index < -0.39 is 10.0 Å². The minimum absolute atomic E-state index is 0.0559. The summed E-state index contributed by atoms with van der Waals surface area (Å²) in [6, 6.07) is 11.6. The molecule has 0 spiro atoms. The predicted octanol–water partition coefficient (Wildman–Crippen LogP) is 2.03. The molecule has 0 aliphatic rings. The number of nitrogens with two attached hydrogens (primary N) is 1. The van der Waals surface area contributed by atoms with Crippen LogP contribution in [0.5, 0.6) is 5.75 Å². The van der Waals surface area contributed by atoms with Crippen molar-refractivity contribution < 1.29 is 13.2 Å². The minimum Gasteiger partial charge on any atom is -0.497 e. The summed E-state index contributed by atoms with van der Waals surface area (Å²) >= 11 is 0. The Hall–Kier alpha value is -2.71. The number of hydrogen-bond acceptors (Lipinski definition) is 6. The van der Waals surface area contributed by atoms with E-state index >= 15 is 0 Å². The zero-order valence-corrected chi connectivity index (χ0v) is 13.0. The molecule has 0 fully saturated rings. The van der Waals surface area contributed by atoms with Gasteiger partial charge in [0.05, 0.1) is 17.5 Å². The Labute approximate surface area is 133 Å². The van der Waals surface area contributed by atoms with Crippen molar-refractivity contribution in [3.05, 3.63) is 48.8 Å². The second-order valence-electron chi connectivity index (χ2n) is 4.80. The highest BCUT2D eigenvalue weighted by Gasteiger charge is 2.08. The van der Waals surface area contributed by atoms with Crippen molar-refractivity contribution in [2.75, 3.05) is 12.4 Å². The van der Waals surface area contributed by atoms with Gasteiger partial charge in [0.2, 0.25) is 10.0 Å². The number of sulfonamides is 1. The molecule has 1 heterocycles. The van der Waals surface area contributed by atoms with Gasteiger partial charge in [-0.15, -0.1) is 0 Å². The average molecular weight is 330 g/mol. The number of fused-ring (bicyclic) bond motifs is 1. The van der Waals surface area contributed by atoms with E-state index in [9.17, 15) is 8.42 Å². The number of rotatable bonds is 4. The van der Waals surface area contributed by atoms with E-state index in [1.807, 2.05) is 18.2 Å². The smallest absolute Gasteiger partial charge is 0.238 e. The zero-order valence-electron chi connectivity index (χ0n) is 12.2. The second-order valence-corrected chi connectivity index (χ2v) is 6.36. The van der Waals surface area contributed by atoms with Gasteiger partial charge in [0, 0.05) is 17.1 Å². The van der Waals surface area contributed by atoms with Gasteiger partial charge in [-0.2, -0.15) is 0 Å². The second kappa shape index (κ2) is 5.82. The minimum atomic E-state index is -3.70. The lowest BCUT2D eigenvalue weighted by Crippen LogP contribution is -2.11. The van der Waals surface area contributed by atoms with Gasteiger partial charge in [0.15, 0.2) is 0 Å². The fraction of sp³-hybridized carbons (Fsp3) is 0.0667. The Kier molecular flexibility index (Phi) is 3.85. The third kappa shape index (κ3) is 3.22. The fourth-order valence-corrected chi connectivity index (χ4v) is 2.64. The van der Waals surface area contributed by atoms with Gasteiger partial charge in [-0.1, -0.05) is 0 Å². The van der Waals surface area contributed by atoms with E-state index in [0.29, 0.717) is 17.3 Å². The molecule has 118 valence electrons. The van der Waals surface area contributed by atoms with E-state index in [1.165, 1.54) is 18.5 Å². The van der Waals surface area contributed by atoms with Crippen LogP contribution < -0.4 is 15.2 Å². The van der Waals surface area contributed by atoms with Crippen LogP contribution in [0, 0.1) is 0 Å². The molecule has 0 saturated carbocycles. The molecule has 2 aromatic carbocycles. The average Bonchev–Trinajstić information content (AvgIpc) is 2.54. The summed E-state index contributed by atoms with van der Waals surface area (Å²) < 4.78 is 27.7. The number of nitrogens with zero attached hydrogens (tertiary/aromatic N) is 2. The summed E-state index contributed by atoms with van der Waals surface area (Å²) in [6.45, 7) is 0. The van der Waals surface area contributed by atoms with Gasteiger partial charge >= 0.3 is 0 Å². The molecule has 3 aromatic rings. The highest BCUT2D eigenvalue weighted by molar-refractivity contribution is 7.89. The Morgan fingerprint density at radius 2 is 1.83 bits per heavy atom. The van der Waals surface area contributed by atoms with Crippen molar-refractivity contribution >= 4 is 32.4 Å². The van der Waals surface area contributed by atoms with Crippen molar-refractivity contribution in [1.29, 1.82) is 0 Å². The van der Waals surface area contributed by atoms with Gasteiger partial charge in [-0.05, 0) is 36.4 Å². The summed E-state index contributed by atoms with van der Waals surface area (Å²) in [6.07, 6.45) is 1.45. The van der Waals surface area contributed by atoms with Crippen LogP contribution in [-0.2, 0) is 10.0 Å². The number of ether oxygens (including phenoxy) is 1. The van der Waals surface area contributed by atoms with Crippen LogP contribution in [0.25, 0.3) is 10.9 Å². The standard InChI is InChI=1S/C15H14N4O3S/c1-22-11-4-7-13-14(8-11)17-9-18-15(13)19-10-2-5-12(6-3-10)23(16,20)21/h2-9H,1H3,(H2,16,20,21)(H,17,18,19). The molecule has 0 radical (unpaired) electrons. The summed E-state index contributed by atoms with van der Waals surface area (Å²) in [7, 11) is -2.11. The van der Waals surface area contributed by atoms with Gasteiger partial charge in [-0.3, -0.25) is 0 Å². The number of methoxy groups -OCH3 is 1. The summed E-state index contributed by atoms with van der Waals surface area (Å²) in [5, 5.41) is 9.04.